The Morgan fingerprint density at radius 2 is 1.70 bits per heavy atom. The van der Waals surface area contributed by atoms with Crippen LogP contribution in [0.3, 0.4) is 0 Å². The fourth-order valence-corrected chi connectivity index (χ4v) is 2.24. The maximum absolute atomic E-state index is 8.65. The Morgan fingerprint density at radius 3 is 2.39 bits per heavy atom. The van der Waals surface area contributed by atoms with Crippen molar-refractivity contribution < 1.29 is 5.21 Å². The zero-order valence-electron chi connectivity index (χ0n) is 12.2. The molecule has 0 aliphatic rings. The number of pyridine rings is 1. The van der Waals surface area contributed by atoms with Gasteiger partial charge >= 0.3 is 0 Å². The quantitative estimate of drug-likeness (QED) is 0.211. The molecule has 0 aliphatic carbocycles. The predicted molar refractivity (Wildman–Crippen MR) is 91.1 cm³/mol. The van der Waals surface area contributed by atoms with Crippen LogP contribution in [-0.2, 0) is 0 Å². The van der Waals surface area contributed by atoms with Gasteiger partial charge in [-0.1, -0.05) is 41.3 Å². The van der Waals surface area contributed by atoms with Gasteiger partial charge < -0.3 is 16.7 Å². The number of nitrogen functional groups attached to an aromatic ring is 1. The van der Waals surface area contributed by atoms with E-state index in [1.807, 2.05) is 36.4 Å². The van der Waals surface area contributed by atoms with Crippen LogP contribution in [-0.4, -0.2) is 16.0 Å². The van der Waals surface area contributed by atoms with Crippen LogP contribution in [0.5, 0.6) is 0 Å². The Balaban J connectivity index is 1.98. The minimum atomic E-state index is 0.0678. The van der Waals surface area contributed by atoms with E-state index in [4.69, 9.17) is 16.7 Å². The lowest BCUT2D eigenvalue weighted by Gasteiger charge is -2.02. The Labute approximate surface area is 133 Å². The van der Waals surface area contributed by atoms with Crippen LogP contribution >= 0.6 is 0 Å². The summed E-state index contributed by atoms with van der Waals surface area (Å²) in [5.41, 5.74) is 13.7. The molecule has 0 saturated heterocycles. The number of aromatic nitrogens is 1. The largest absolute Gasteiger partial charge is 0.409 e. The molecule has 5 heteroatoms. The fraction of sp³-hybridized carbons (Fsp3) is 0. The van der Waals surface area contributed by atoms with Gasteiger partial charge in [0.15, 0.2) is 5.84 Å². The fourth-order valence-electron chi connectivity index (χ4n) is 2.24. The maximum atomic E-state index is 8.65. The van der Waals surface area contributed by atoms with E-state index >= 15 is 0 Å². The average molecular weight is 302 g/mol. The molecule has 3 rings (SSSR count). The van der Waals surface area contributed by atoms with Gasteiger partial charge in [-0.15, -0.1) is 0 Å². The maximum Gasteiger partial charge on any atom is 0.170 e. The summed E-state index contributed by atoms with van der Waals surface area (Å²) in [6, 6.07) is 14.9. The van der Waals surface area contributed by atoms with Crippen molar-refractivity contribution in [1.29, 1.82) is 0 Å². The lowest BCUT2D eigenvalue weighted by Crippen LogP contribution is -2.12. The van der Waals surface area contributed by atoms with Crippen molar-refractivity contribution in [2.75, 3.05) is 5.73 Å². The van der Waals surface area contributed by atoms with Crippen molar-refractivity contribution in [3.05, 3.63) is 71.4 Å². The highest BCUT2D eigenvalue weighted by molar-refractivity contribution is 5.97. The van der Waals surface area contributed by atoms with Crippen LogP contribution < -0.4 is 11.5 Å². The molecule has 0 aliphatic heterocycles. The van der Waals surface area contributed by atoms with Crippen molar-refractivity contribution in [2.45, 2.75) is 0 Å². The Kier molecular flexibility index (Phi) is 3.81. The van der Waals surface area contributed by atoms with Gasteiger partial charge in [0.1, 0.15) is 5.82 Å². The van der Waals surface area contributed by atoms with Gasteiger partial charge in [-0.05, 0) is 24.3 Å². The number of nitrogens with zero attached hydrogens (tertiary/aromatic N) is 2. The molecule has 23 heavy (non-hydrogen) atoms. The van der Waals surface area contributed by atoms with Gasteiger partial charge in [0.25, 0.3) is 0 Å². The smallest absolute Gasteiger partial charge is 0.170 e. The van der Waals surface area contributed by atoms with Crippen molar-refractivity contribution >= 4 is 22.4 Å². The van der Waals surface area contributed by atoms with Crippen LogP contribution in [0.4, 0.5) is 5.82 Å². The van der Waals surface area contributed by atoms with E-state index in [0.717, 1.165) is 21.9 Å². The molecule has 0 radical (unpaired) electrons. The van der Waals surface area contributed by atoms with Gasteiger partial charge in [0, 0.05) is 28.1 Å². The molecule has 2 aromatic carbocycles. The van der Waals surface area contributed by atoms with E-state index in [0.29, 0.717) is 11.4 Å². The van der Waals surface area contributed by atoms with Crippen molar-refractivity contribution in [3.63, 3.8) is 0 Å². The summed E-state index contributed by atoms with van der Waals surface area (Å²) in [4.78, 5) is 4.18. The van der Waals surface area contributed by atoms with Crippen molar-refractivity contribution in [3.8, 4) is 11.8 Å². The van der Waals surface area contributed by atoms with Crippen LogP contribution in [0.25, 0.3) is 10.8 Å². The van der Waals surface area contributed by atoms with E-state index in [-0.39, 0.29) is 5.84 Å². The molecule has 0 amide bonds. The number of oxime groups is 1. The van der Waals surface area contributed by atoms with Gasteiger partial charge in [0.2, 0.25) is 0 Å². The lowest BCUT2D eigenvalue weighted by atomic mass is 10.1. The van der Waals surface area contributed by atoms with Crippen LogP contribution in [0.1, 0.15) is 16.7 Å². The third kappa shape index (κ3) is 2.92. The lowest BCUT2D eigenvalue weighted by molar-refractivity contribution is 0.318. The van der Waals surface area contributed by atoms with E-state index in [9.17, 15) is 0 Å². The molecule has 1 heterocycles. The predicted octanol–water partition coefficient (Wildman–Crippen LogP) is 2.31. The monoisotopic (exact) mass is 302 g/mol. The molecule has 0 bridgehead atoms. The topological polar surface area (TPSA) is 97.5 Å². The molecule has 112 valence electrons. The van der Waals surface area contributed by atoms with Gasteiger partial charge in [-0.2, -0.15) is 0 Å². The molecule has 0 spiro atoms. The second kappa shape index (κ2) is 6.08. The highest BCUT2D eigenvalue weighted by atomic mass is 16.4. The molecule has 0 unspecified atom stereocenters. The summed E-state index contributed by atoms with van der Waals surface area (Å²) in [6.45, 7) is 0. The summed E-state index contributed by atoms with van der Waals surface area (Å²) in [6.07, 6.45) is 1.68. The van der Waals surface area contributed by atoms with Crippen molar-refractivity contribution in [1.82, 2.24) is 4.98 Å². The number of anilines is 1. The summed E-state index contributed by atoms with van der Waals surface area (Å²) < 4.78 is 0. The van der Waals surface area contributed by atoms with E-state index < -0.39 is 0 Å². The number of hydrogen-bond donors (Lipinski definition) is 3. The summed E-state index contributed by atoms with van der Waals surface area (Å²) in [5.74, 6) is 6.76. The van der Waals surface area contributed by atoms with Crippen LogP contribution in [0, 0.1) is 11.8 Å². The first-order valence-electron chi connectivity index (χ1n) is 6.92. The Morgan fingerprint density at radius 1 is 1.00 bits per heavy atom. The molecule has 5 nitrogen and oxygen atoms in total. The standard InChI is InChI=1S/C18H14N4O/c19-17(22-23)13-8-5-12(6-9-13)7-10-14-11-21-18(20)16-4-2-1-3-15(14)16/h1-6,8-9,11,23H,(H2,19,22)(H2,20,21). The Bertz CT molecular complexity index is 950. The second-order valence-corrected chi connectivity index (χ2v) is 4.92. The van der Waals surface area contributed by atoms with Gasteiger partial charge in [-0.25, -0.2) is 4.98 Å². The third-order valence-corrected chi connectivity index (χ3v) is 3.46. The number of amidine groups is 1. The minimum Gasteiger partial charge on any atom is -0.409 e. The van der Waals surface area contributed by atoms with Gasteiger partial charge in [0.05, 0.1) is 5.56 Å². The van der Waals surface area contributed by atoms with Crippen LogP contribution in [0.15, 0.2) is 59.9 Å². The molecular weight excluding hydrogens is 288 g/mol. The van der Waals surface area contributed by atoms with Gasteiger partial charge in [-0.3, -0.25) is 0 Å². The zero-order valence-corrected chi connectivity index (χ0v) is 12.2. The van der Waals surface area contributed by atoms with E-state index in [1.54, 1.807) is 18.3 Å². The number of rotatable bonds is 1. The Hall–Kier alpha value is -3.52. The molecular formula is C18H14N4O. The van der Waals surface area contributed by atoms with Crippen LogP contribution in [0.2, 0.25) is 0 Å². The molecule has 0 saturated carbocycles. The first-order chi connectivity index (χ1) is 11.2. The molecule has 3 aromatic rings. The highest BCUT2D eigenvalue weighted by Gasteiger charge is 2.02. The normalized spacial score (nSPS) is 11.0. The molecule has 0 fully saturated rings. The second-order valence-electron chi connectivity index (χ2n) is 4.92. The third-order valence-electron chi connectivity index (χ3n) is 3.46. The minimum absolute atomic E-state index is 0.0678. The zero-order chi connectivity index (χ0) is 16.2. The average Bonchev–Trinajstić information content (AvgIpc) is 2.61. The molecule has 1 aromatic heterocycles. The molecule has 5 N–H and O–H groups in total. The van der Waals surface area contributed by atoms with Crippen molar-refractivity contribution in [2.24, 2.45) is 10.9 Å². The number of hydrogen-bond acceptors (Lipinski definition) is 4. The highest BCUT2D eigenvalue weighted by Crippen LogP contribution is 2.21. The summed E-state index contributed by atoms with van der Waals surface area (Å²) >= 11 is 0. The number of nitrogens with two attached hydrogens (primary N) is 2. The summed E-state index contributed by atoms with van der Waals surface area (Å²) in [7, 11) is 0. The number of benzene rings is 2. The first kappa shape index (κ1) is 14.4. The molecule has 0 atom stereocenters. The summed E-state index contributed by atoms with van der Waals surface area (Å²) in [5, 5.41) is 13.5. The first-order valence-corrected chi connectivity index (χ1v) is 6.92. The SMILES string of the molecule is N/C(=N\O)c1ccc(C#Cc2cnc(N)c3ccccc23)cc1. The van der Waals surface area contributed by atoms with E-state index in [1.165, 1.54) is 0 Å². The van der Waals surface area contributed by atoms with E-state index in [2.05, 4.69) is 22.0 Å². The number of fused-ring (bicyclic) bond motifs is 1.